The fourth-order valence-electron chi connectivity index (χ4n) is 3.54. The van der Waals surface area contributed by atoms with Crippen LogP contribution in [0.2, 0.25) is 0 Å². The van der Waals surface area contributed by atoms with Crippen LogP contribution in [0.1, 0.15) is 12.8 Å². The van der Waals surface area contributed by atoms with Gasteiger partial charge in [0.15, 0.2) is 0 Å². The number of aliphatic carboxylic acids is 1. The Morgan fingerprint density at radius 3 is 2.21 bits per heavy atom. The Hall–Kier alpha value is -1.14. The van der Waals surface area contributed by atoms with E-state index in [9.17, 15) is 14.7 Å². The van der Waals surface area contributed by atoms with Crippen LogP contribution in [0.15, 0.2) is 0 Å². The maximum absolute atomic E-state index is 12.6. The monoisotopic (exact) mass is 268 g/mol. The molecule has 106 valence electrons. The Kier molecular flexibility index (Phi) is 3.22. The SMILES string of the molecule is CN1CCN(C(=O)[C@H]2[C@@H](C(=O)O)[C@H]3CC[C@H]2O3)CC1. The lowest BCUT2D eigenvalue weighted by Crippen LogP contribution is -2.52. The van der Waals surface area contributed by atoms with Gasteiger partial charge in [0.25, 0.3) is 0 Å². The van der Waals surface area contributed by atoms with Crippen LogP contribution in [0.3, 0.4) is 0 Å². The summed E-state index contributed by atoms with van der Waals surface area (Å²) in [6.45, 7) is 3.08. The zero-order valence-electron chi connectivity index (χ0n) is 11.1. The predicted molar refractivity (Wildman–Crippen MR) is 66.6 cm³/mol. The number of piperazine rings is 1. The van der Waals surface area contributed by atoms with E-state index in [1.54, 1.807) is 0 Å². The molecule has 1 amide bonds. The molecule has 0 aromatic heterocycles. The number of amides is 1. The van der Waals surface area contributed by atoms with E-state index in [1.165, 1.54) is 0 Å². The van der Waals surface area contributed by atoms with E-state index < -0.39 is 17.8 Å². The first kappa shape index (κ1) is 12.9. The number of carboxylic acid groups (broad SMARTS) is 1. The number of hydrogen-bond donors (Lipinski definition) is 1. The minimum Gasteiger partial charge on any atom is -0.481 e. The first-order valence-electron chi connectivity index (χ1n) is 6.93. The Morgan fingerprint density at radius 1 is 1.05 bits per heavy atom. The summed E-state index contributed by atoms with van der Waals surface area (Å²) in [5, 5.41) is 9.34. The molecular weight excluding hydrogens is 248 g/mol. The van der Waals surface area contributed by atoms with E-state index in [0.717, 1.165) is 25.9 Å². The predicted octanol–water partition coefficient (Wildman–Crippen LogP) is -0.361. The van der Waals surface area contributed by atoms with Gasteiger partial charge in [0.05, 0.1) is 24.0 Å². The quantitative estimate of drug-likeness (QED) is 0.740. The van der Waals surface area contributed by atoms with Crippen molar-refractivity contribution in [3.8, 4) is 0 Å². The number of ether oxygens (including phenoxy) is 1. The van der Waals surface area contributed by atoms with Gasteiger partial charge in [-0.15, -0.1) is 0 Å². The molecule has 2 bridgehead atoms. The van der Waals surface area contributed by atoms with Crippen LogP contribution in [-0.4, -0.2) is 72.2 Å². The van der Waals surface area contributed by atoms with Gasteiger partial charge in [-0.25, -0.2) is 0 Å². The highest BCUT2D eigenvalue weighted by Crippen LogP contribution is 2.44. The molecule has 3 aliphatic heterocycles. The summed E-state index contributed by atoms with van der Waals surface area (Å²) in [4.78, 5) is 27.9. The topological polar surface area (TPSA) is 70.1 Å². The molecule has 6 nitrogen and oxygen atoms in total. The average Bonchev–Trinajstić information content (AvgIpc) is 2.98. The third kappa shape index (κ3) is 2.12. The van der Waals surface area contributed by atoms with E-state index in [0.29, 0.717) is 13.1 Å². The second-order valence-corrected chi connectivity index (χ2v) is 5.81. The highest BCUT2D eigenvalue weighted by molar-refractivity contribution is 5.86. The van der Waals surface area contributed by atoms with Crippen LogP contribution < -0.4 is 0 Å². The molecule has 3 fully saturated rings. The largest absolute Gasteiger partial charge is 0.481 e. The number of carboxylic acids is 1. The van der Waals surface area contributed by atoms with Gasteiger partial charge in [-0.2, -0.15) is 0 Å². The molecule has 0 aliphatic carbocycles. The molecule has 3 aliphatic rings. The van der Waals surface area contributed by atoms with Gasteiger partial charge in [-0.1, -0.05) is 0 Å². The van der Waals surface area contributed by atoms with Crippen LogP contribution in [0.25, 0.3) is 0 Å². The van der Waals surface area contributed by atoms with Gasteiger partial charge in [0.2, 0.25) is 5.91 Å². The van der Waals surface area contributed by atoms with Crippen LogP contribution in [-0.2, 0) is 14.3 Å². The highest BCUT2D eigenvalue weighted by Gasteiger charge is 2.56. The number of nitrogens with zero attached hydrogens (tertiary/aromatic N) is 2. The summed E-state index contributed by atoms with van der Waals surface area (Å²) >= 11 is 0. The molecule has 3 saturated heterocycles. The lowest BCUT2D eigenvalue weighted by Gasteiger charge is -2.36. The van der Waals surface area contributed by atoms with Crippen molar-refractivity contribution in [1.82, 2.24) is 9.80 Å². The molecule has 3 heterocycles. The molecule has 0 aromatic rings. The van der Waals surface area contributed by atoms with E-state index in [1.807, 2.05) is 11.9 Å². The molecule has 1 N–H and O–H groups in total. The van der Waals surface area contributed by atoms with Crippen molar-refractivity contribution in [2.24, 2.45) is 11.8 Å². The van der Waals surface area contributed by atoms with E-state index >= 15 is 0 Å². The van der Waals surface area contributed by atoms with Gasteiger partial charge in [-0.3, -0.25) is 9.59 Å². The Bertz CT molecular complexity index is 392. The van der Waals surface area contributed by atoms with Crippen molar-refractivity contribution < 1.29 is 19.4 Å². The Morgan fingerprint density at radius 2 is 1.63 bits per heavy atom. The molecule has 3 rings (SSSR count). The Balaban J connectivity index is 1.73. The van der Waals surface area contributed by atoms with Gasteiger partial charge in [0, 0.05) is 26.2 Å². The van der Waals surface area contributed by atoms with Crippen LogP contribution >= 0.6 is 0 Å². The first-order valence-corrected chi connectivity index (χ1v) is 6.93. The zero-order valence-corrected chi connectivity index (χ0v) is 11.1. The third-order valence-corrected chi connectivity index (χ3v) is 4.66. The molecule has 4 atom stereocenters. The summed E-state index contributed by atoms with van der Waals surface area (Å²) in [6.07, 6.45) is 1.15. The van der Waals surface area contributed by atoms with Gasteiger partial charge >= 0.3 is 5.97 Å². The molecule has 0 spiro atoms. The van der Waals surface area contributed by atoms with E-state index in [2.05, 4.69) is 4.90 Å². The maximum atomic E-state index is 12.6. The molecule has 6 heteroatoms. The standard InChI is InChI=1S/C13H20N2O4/c1-14-4-6-15(7-5-14)12(16)10-8-2-3-9(19-8)11(10)13(17)18/h8-11H,2-7H2,1H3,(H,17,18)/t8-,9-,10-,11+/m1/s1. The lowest BCUT2D eigenvalue weighted by molar-refractivity contribution is -0.151. The van der Waals surface area contributed by atoms with Crippen molar-refractivity contribution in [3.05, 3.63) is 0 Å². The summed E-state index contributed by atoms with van der Waals surface area (Å²) < 4.78 is 5.65. The number of carbonyl (C=O) groups is 2. The van der Waals surface area contributed by atoms with Crippen molar-refractivity contribution in [1.29, 1.82) is 0 Å². The van der Waals surface area contributed by atoms with Crippen molar-refractivity contribution in [2.75, 3.05) is 33.2 Å². The van der Waals surface area contributed by atoms with Gasteiger partial charge in [-0.05, 0) is 19.9 Å². The molecular formula is C13H20N2O4. The first-order chi connectivity index (χ1) is 9.08. The lowest BCUT2D eigenvalue weighted by atomic mass is 9.78. The van der Waals surface area contributed by atoms with Crippen molar-refractivity contribution in [2.45, 2.75) is 25.0 Å². The normalized spacial score (nSPS) is 38.7. The second kappa shape index (κ2) is 4.76. The number of carbonyl (C=O) groups excluding carboxylic acids is 1. The summed E-state index contributed by atoms with van der Waals surface area (Å²) in [5.74, 6) is -2.03. The highest BCUT2D eigenvalue weighted by atomic mass is 16.5. The van der Waals surface area contributed by atoms with E-state index in [-0.39, 0.29) is 18.1 Å². The average molecular weight is 268 g/mol. The van der Waals surface area contributed by atoms with Crippen LogP contribution in [0.5, 0.6) is 0 Å². The van der Waals surface area contributed by atoms with E-state index in [4.69, 9.17) is 4.74 Å². The maximum Gasteiger partial charge on any atom is 0.310 e. The number of rotatable bonds is 2. The minimum absolute atomic E-state index is 0.0206. The minimum atomic E-state index is -0.889. The second-order valence-electron chi connectivity index (χ2n) is 5.81. The molecule has 0 radical (unpaired) electrons. The van der Waals surface area contributed by atoms with Crippen LogP contribution in [0.4, 0.5) is 0 Å². The number of fused-ring (bicyclic) bond motifs is 2. The summed E-state index contributed by atoms with van der Waals surface area (Å²) in [5.41, 5.74) is 0. The fraction of sp³-hybridized carbons (Fsp3) is 0.846. The van der Waals surface area contributed by atoms with Gasteiger partial charge in [0.1, 0.15) is 0 Å². The summed E-state index contributed by atoms with van der Waals surface area (Å²) in [6, 6.07) is 0. The van der Waals surface area contributed by atoms with Gasteiger partial charge < -0.3 is 19.6 Å². The van der Waals surface area contributed by atoms with Crippen LogP contribution in [0, 0.1) is 11.8 Å². The fourth-order valence-corrected chi connectivity index (χ4v) is 3.54. The molecule has 0 aromatic carbocycles. The van der Waals surface area contributed by atoms with Crippen molar-refractivity contribution >= 4 is 11.9 Å². The summed E-state index contributed by atoms with van der Waals surface area (Å²) in [7, 11) is 2.03. The molecule has 0 saturated carbocycles. The third-order valence-electron chi connectivity index (χ3n) is 4.66. The number of hydrogen-bond acceptors (Lipinski definition) is 4. The smallest absolute Gasteiger partial charge is 0.310 e. The number of likely N-dealkylation sites (N-methyl/N-ethyl adjacent to an activating group) is 1. The van der Waals surface area contributed by atoms with Crippen molar-refractivity contribution in [3.63, 3.8) is 0 Å². The molecule has 19 heavy (non-hydrogen) atoms. The zero-order chi connectivity index (χ0) is 13.6. The Labute approximate surface area is 112 Å². The molecule has 0 unspecified atom stereocenters.